The smallest absolute Gasteiger partial charge is 1.00 e. The first-order valence-corrected chi connectivity index (χ1v) is 10.2. The summed E-state index contributed by atoms with van der Waals surface area (Å²) >= 11 is 0. The number of halogens is 2. The fourth-order valence-corrected chi connectivity index (χ4v) is 4.95. The summed E-state index contributed by atoms with van der Waals surface area (Å²) in [5, 5.41) is 13.0. The van der Waals surface area contributed by atoms with Crippen molar-refractivity contribution >= 4 is 35.0 Å². The number of pyridine rings is 1. The van der Waals surface area contributed by atoms with Gasteiger partial charge in [0.25, 0.3) is 0 Å². The Morgan fingerprint density at radius 1 is 1.32 bits per heavy atom. The molecule has 10 heteroatoms. The number of carboxylic acids is 1. The van der Waals surface area contributed by atoms with E-state index in [0.29, 0.717) is 35.5 Å². The summed E-state index contributed by atoms with van der Waals surface area (Å²) in [5.74, 6) is -1.07. The van der Waals surface area contributed by atoms with E-state index in [0.717, 1.165) is 38.8 Å². The van der Waals surface area contributed by atoms with Gasteiger partial charge in [0.05, 0.1) is 18.0 Å². The van der Waals surface area contributed by atoms with Gasteiger partial charge in [0.15, 0.2) is 11.6 Å². The molecule has 164 valence electrons. The molecule has 5 rings (SSSR count). The number of nitrogens with one attached hydrogen (secondary N) is 1. The minimum absolute atomic E-state index is 0. The summed E-state index contributed by atoms with van der Waals surface area (Å²) in [5.41, 5.74) is -0.155. The van der Waals surface area contributed by atoms with E-state index in [9.17, 15) is 14.7 Å². The molecular weight excluding hydrogens is 436 g/mol. The van der Waals surface area contributed by atoms with E-state index in [1.165, 1.54) is 19.4 Å². The summed E-state index contributed by atoms with van der Waals surface area (Å²) in [6, 6.07) is 1.62. The summed E-state index contributed by atoms with van der Waals surface area (Å²) in [6.07, 6.45) is 5.40. The van der Waals surface area contributed by atoms with E-state index in [4.69, 9.17) is 4.74 Å². The third-order valence-electron chi connectivity index (χ3n) is 6.49. The predicted octanol–water partition coefficient (Wildman–Crippen LogP) is -0.0912. The van der Waals surface area contributed by atoms with Crippen LogP contribution in [0.2, 0.25) is 0 Å². The van der Waals surface area contributed by atoms with Crippen molar-refractivity contribution in [1.82, 2.24) is 9.88 Å². The van der Waals surface area contributed by atoms with Crippen LogP contribution in [-0.2, 0) is 0 Å². The van der Waals surface area contributed by atoms with E-state index in [1.54, 1.807) is 4.57 Å². The molecule has 0 spiro atoms. The summed E-state index contributed by atoms with van der Waals surface area (Å²) in [6.45, 7) is 2.40. The summed E-state index contributed by atoms with van der Waals surface area (Å²) in [7, 11) is 1.48. The SMILES string of the molecule is COc1c(N2C[C@@H]3CCCN[C@@H]3C2)c(F)cc2c(=O)c(C(=O)O)cn(C3CC3)c12.Cl.[H-].[Na+]. The average Bonchev–Trinajstić information content (AvgIpc) is 3.45. The van der Waals surface area contributed by atoms with Crippen LogP contribution >= 0.6 is 12.4 Å². The molecule has 0 bridgehead atoms. The second-order valence-corrected chi connectivity index (χ2v) is 8.32. The molecule has 1 aromatic carbocycles. The monoisotopic (exact) mass is 461 g/mol. The van der Waals surface area contributed by atoms with Crippen molar-refractivity contribution in [2.45, 2.75) is 37.8 Å². The fraction of sp³-hybridized carbons (Fsp3) is 0.524. The van der Waals surface area contributed by atoms with Crippen LogP contribution in [0.3, 0.4) is 0 Å². The second kappa shape index (κ2) is 9.27. The first-order chi connectivity index (χ1) is 14.0. The molecule has 2 aromatic rings. The quantitative estimate of drug-likeness (QED) is 0.619. The van der Waals surface area contributed by atoms with Crippen LogP contribution in [0.5, 0.6) is 5.75 Å². The van der Waals surface area contributed by atoms with Gasteiger partial charge in [-0.3, -0.25) is 4.79 Å². The van der Waals surface area contributed by atoms with E-state index < -0.39 is 17.2 Å². The molecule has 3 fully saturated rings. The van der Waals surface area contributed by atoms with Gasteiger partial charge in [0.2, 0.25) is 5.43 Å². The Morgan fingerprint density at radius 3 is 2.68 bits per heavy atom. The van der Waals surface area contributed by atoms with Crippen molar-refractivity contribution in [2.24, 2.45) is 5.92 Å². The number of nitrogens with zero attached hydrogens (tertiary/aromatic N) is 2. The molecule has 0 amide bonds. The second-order valence-electron chi connectivity index (χ2n) is 8.32. The molecule has 2 atom stereocenters. The zero-order chi connectivity index (χ0) is 20.3. The maximum Gasteiger partial charge on any atom is 1.00 e. The third-order valence-corrected chi connectivity index (χ3v) is 6.49. The molecule has 0 unspecified atom stereocenters. The molecule has 2 N–H and O–H groups in total. The number of benzene rings is 1. The van der Waals surface area contributed by atoms with Gasteiger partial charge in [0, 0.05) is 31.4 Å². The van der Waals surface area contributed by atoms with Crippen LogP contribution in [-0.4, -0.2) is 48.4 Å². The molecule has 1 aromatic heterocycles. The topological polar surface area (TPSA) is 83.8 Å². The largest absolute Gasteiger partial charge is 1.00 e. The Kier molecular flexibility index (Phi) is 7.28. The molecule has 2 aliphatic heterocycles. The number of anilines is 1. The molecule has 3 aliphatic rings. The van der Waals surface area contributed by atoms with Crippen LogP contribution in [0.4, 0.5) is 10.1 Å². The van der Waals surface area contributed by atoms with Crippen LogP contribution in [0, 0.1) is 11.7 Å². The van der Waals surface area contributed by atoms with Crippen molar-refractivity contribution in [3.63, 3.8) is 0 Å². The predicted molar refractivity (Wildman–Crippen MR) is 115 cm³/mol. The average molecular weight is 462 g/mol. The van der Waals surface area contributed by atoms with E-state index in [-0.39, 0.29) is 60.4 Å². The molecule has 31 heavy (non-hydrogen) atoms. The number of aromatic nitrogens is 1. The summed E-state index contributed by atoms with van der Waals surface area (Å²) in [4.78, 5) is 26.4. The van der Waals surface area contributed by atoms with Gasteiger partial charge in [-0.05, 0) is 44.2 Å². The van der Waals surface area contributed by atoms with Crippen LogP contribution in [0.25, 0.3) is 10.9 Å². The molecule has 0 radical (unpaired) electrons. The number of fused-ring (bicyclic) bond motifs is 2. The molecule has 7 nitrogen and oxygen atoms in total. The van der Waals surface area contributed by atoms with Crippen molar-refractivity contribution in [1.29, 1.82) is 0 Å². The Bertz CT molecular complexity index is 1070. The number of aromatic carboxylic acids is 1. The Morgan fingerprint density at radius 2 is 2.06 bits per heavy atom. The number of piperidine rings is 1. The normalized spacial score (nSPS) is 22.5. The molecule has 1 aliphatic carbocycles. The number of carboxylic acid groups (broad SMARTS) is 1. The fourth-order valence-electron chi connectivity index (χ4n) is 4.95. The van der Waals surface area contributed by atoms with Crippen molar-refractivity contribution < 1.29 is 50.0 Å². The Hall–Kier alpha value is -1.32. The van der Waals surface area contributed by atoms with Gasteiger partial charge in [0.1, 0.15) is 11.3 Å². The van der Waals surface area contributed by atoms with Gasteiger partial charge in [-0.15, -0.1) is 12.4 Å². The maximum atomic E-state index is 15.3. The number of methoxy groups -OCH3 is 1. The van der Waals surface area contributed by atoms with Crippen LogP contribution < -0.4 is 49.9 Å². The van der Waals surface area contributed by atoms with Gasteiger partial charge in [-0.2, -0.15) is 0 Å². The first kappa shape index (κ1) is 24.3. The number of rotatable bonds is 4. The molecule has 3 heterocycles. The van der Waals surface area contributed by atoms with Crippen molar-refractivity contribution in [3.05, 3.63) is 33.9 Å². The van der Waals surface area contributed by atoms with E-state index in [2.05, 4.69) is 5.32 Å². The Balaban J connectivity index is 0.00000121. The standard InChI is InChI=1S/C21H24FN3O4.ClH.Na.H/c1-29-20-17-13(19(26)14(21(27)28)9-25(17)12-4-5-12)7-15(22)18(20)24-8-11-3-2-6-23-16(11)10-24;;;/h7,9,11-12,16,23H,2-6,8,10H2,1H3,(H,27,28);1H;;/q;;+1;-1/t11-,16+;;;/m0.../s1. The molecule has 1 saturated carbocycles. The minimum Gasteiger partial charge on any atom is -1.00 e. The molecular formula is C21H26ClFN3NaO4. The van der Waals surface area contributed by atoms with Gasteiger partial charge < -0.3 is 26.1 Å². The number of hydrogen-bond donors (Lipinski definition) is 2. The van der Waals surface area contributed by atoms with Gasteiger partial charge in [-0.25, -0.2) is 9.18 Å². The number of carbonyl (C=O) groups is 1. The maximum absolute atomic E-state index is 15.3. The zero-order valence-electron chi connectivity index (χ0n) is 18.7. The summed E-state index contributed by atoms with van der Waals surface area (Å²) < 4.78 is 22.8. The first-order valence-electron chi connectivity index (χ1n) is 10.2. The van der Waals surface area contributed by atoms with Gasteiger partial charge >= 0.3 is 35.5 Å². The van der Waals surface area contributed by atoms with E-state index >= 15 is 4.39 Å². The molecule has 2 saturated heterocycles. The number of hydrogen-bond acceptors (Lipinski definition) is 5. The third kappa shape index (κ3) is 4.09. The Labute approximate surface area is 209 Å². The van der Waals surface area contributed by atoms with Crippen molar-refractivity contribution in [2.75, 3.05) is 31.6 Å². The number of ether oxygens (including phenoxy) is 1. The zero-order valence-corrected chi connectivity index (χ0v) is 20.5. The van der Waals surface area contributed by atoms with Crippen molar-refractivity contribution in [3.8, 4) is 5.75 Å². The van der Waals surface area contributed by atoms with Crippen LogP contribution in [0.15, 0.2) is 17.1 Å². The van der Waals surface area contributed by atoms with Crippen LogP contribution in [0.1, 0.15) is 43.5 Å². The van der Waals surface area contributed by atoms with Gasteiger partial charge in [-0.1, -0.05) is 0 Å². The van der Waals surface area contributed by atoms with E-state index in [1.807, 2.05) is 4.90 Å². The minimum atomic E-state index is -1.30.